The summed E-state index contributed by atoms with van der Waals surface area (Å²) in [7, 11) is 0. The van der Waals surface area contributed by atoms with E-state index in [-0.39, 0.29) is 11.0 Å². The molecule has 0 saturated carbocycles. The summed E-state index contributed by atoms with van der Waals surface area (Å²) in [6.07, 6.45) is 1.62. The summed E-state index contributed by atoms with van der Waals surface area (Å²) in [5, 5.41) is 7.05. The number of aryl methyl sites for hydroxylation is 1. The number of halogens is 1. The van der Waals surface area contributed by atoms with Crippen LogP contribution in [0, 0.1) is 12.3 Å². The highest BCUT2D eigenvalue weighted by atomic mass is 35.5. The highest BCUT2D eigenvalue weighted by Gasteiger charge is 2.31. The molecular formula is C25H22ClN3O. The van der Waals surface area contributed by atoms with E-state index in [0.29, 0.717) is 10.4 Å². The van der Waals surface area contributed by atoms with E-state index in [1.165, 1.54) is 4.68 Å². The zero-order valence-corrected chi connectivity index (χ0v) is 18.0. The molecule has 2 aromatic carbocycles. The van der Waals surface area contributed by atoms with Crippen LogP contribution >= 0.6 is 11.6 Å². The van der Waals surface area contributed by atoms with Gasteiger partial charge in [-0.15, -0.1) is 0 Å². The molecule has 4 aromatic rings. The van der Waals surface area contributed by atoms with Gasteiger partial charge >= 0.3 is 0 Å². The van der Waals surface area contributed by atoms with Crippen molar-refractivity contribution >= 4 is 22.4 Å². The van der Waals surface area contributed by atoms with Gasteiger partial charge in [-0.2, -0.15) is 9.78 Å². The molecule has 0 radical (unpaired) electrons. The molecule has 0 spiro atoms. The molecule has 0 aliphatic heterocycles. The number of aromatic nitrogens is 3. The maximum absolute atomic E-state index is 13.5. The van der Waals surface area contributed by atoms with Gasteiger partial charge in [0.15, 0.2) is 0 Å². The quantitative estimate of drug-likeness (QED) is 0.432. The summed E-state index contributed by atoms with van der Waals surface area (Å²) in [6, 6.07) is 17.4. The van der Waals surface area contributed by atoms with E-state index in [1.807, 2.05) is 61.5 Å². The van der Waals surface area contributed by atoms with Crippen molar-refractivity contribution in [3.8, 4) is 16.9 Å². The summed E-state index contributed by atoms with van der Waals surface area (Å²) in [6.45, 7) is 6.48. The van der Waals surface area contributed by atoms with Gasteiger partial charge in [0.25, 0.3) is 5.56 Å². The Balaban J connectivity index is 1.82. The average molecular weight is 416 g/mol. The van der Waals surface area contributed by atoms with E-state index < -0.39 is 0 Å². The number of hydrogen-bond acceptors (Lipinski definition) is 3. The van der Waals surface area contributed by atoms with Gasteiger partial charge < -0.3 is 0 Å². The van der Waals surface area contributed by atoms with Crippen LogP contribution in [0.15, 0.2) is 59.4 Å². The molecule has 0 fully saturated rings. The Kier molecular flexibility index (Phi) is 4.30. The molecule has 5 heteroatoms. The maximum Gasteiger partial charge on any atom is 0.279 e. The van der Waals surface area contributed by atoms with Gasteiger partial charge in [-0.25, -0.2) is 0 Å². The third-order valence-corrected chi connectivity index (χ3v) is 5.99. The molecule has 4 nitrogen and oxygen atoms in total. The minimum atomic E-state index is -0.115. The zero-order chi connectivity index (χ0) is 21.0. The van der Waals surface area contributed by atoms with Crippen LogP contribution in [0.3, 0.4) is 0 Å². The number of nitrogens with zero attached hydrogens (tertiary/aromatic N) is 3. The molecule has 0 saturated heterocycles. The van der Waals surface area contributed by atoms with Crippen molar-refractivity contribution in [1.29, 1.82) is 0 Å². The molecule has 30 heavy (non-hydrogen) atoms. The van der Waals surface area contributed by atoms with Gasteiger partial charge in [0.1, 0.15) is 0 Å². The zero-order valence-electron chi connectivity index (χ0n) is 17.2. The van der Waals surface area contributed by atoms with Gasteiger partial charge in [0, 0.05) is 16.0 Å². The summed E-state index contributed by atoms with van der Waals surface area (Å²) in [4.78, 5) is 18.5. The molecule has 0 unspecified atom stereocenters. The lowest BCUT2D eigenvalue weighted by Crippen LogP contribution is -2.30. The van der Waals surface area contributed by atoms with Gasteiger partial charge in [-0.05, 0) is 55.5 Å². The number of rotatable bonds is 2. The summed E-state index contributed by atoms with van der Waals surface area (Å²) >= 11 is 6.06. The Morgan fingerprint density at radius 2 is 1.63 bits per heavy atom. The molecule has 150 valence electrons. The lowest BCUT2D eigenvalue weighted by Gasteiger charge is -2.30. The Labute approximate surface area is 180 Å². The molecule has 0 atom stereocenters. The molecule has 1 aliphatic carbocycles. The van der Waals surface area contributed by atoms with E-state index in [1.54, 1.807) is 0 Å². The first-order valence-electron chi connectivity index (χ1n) is 10.1. The van der Waals surface area contributed by atoms with E-state index in [0.717, 1.165) is 52.1 Å². The topological polar surface area (TPSA) is 47.8 Å². The van der Waals surface area contributed by atoms with Crippen LogP contribution in [-0.4, -0.2) is 14.8 Å². The predicted octanol–water partition coefficient (Wildman–Crippen LogP) is 5.53. The largest absolute Gasteiger partial charge is 0.279 e. The fourth-order valence-electron chi connectivity index (χ4n) is 4.27. The minimum Gasteiger partial charge on any atom is -0.267 e. The molecule has 2 aromatic heterocycles. The predicted molar refractivity (Wildman–Crippen MR) is 122 cm³/mol. The third-order valence-electron chi connectivity index (χ3n) is 5.74. The normalized spacial score (nSPS) is 14.8. The monoisotopic (exact) mass is 415 g/mol. The van der Waals surface area contributed by atoms with Crippen LogP contribution in [0.1, 0.15) is 30.8 Å². The Morgan fingerprint density at radius 1 is 0.967 bits per heavy atom. The standard InChI is InChI=1S/C25H22ClN3O/c1-15-4-10-18(11-5-15)29-24(30)19-12-20(16-6-8-17(26)9-7-16)27-21-13-25(2,3)14-22(28-29)23(19)21/h4-12H,13-14H2,1-3H3. The number of hydrogen-bond donors (Lipinski definition) is 0. The van der Waals surface area contributed by atoms with Crippen LogP contribution in [-0.2, 0) is 12.8 Å². The van der Waals surface area contributed by atoms with Crippen molar-refractivity contribution in [3.63, 3.8) is 0 Å². The smallest absolute Gasteiger partial charge is 0.267 e. The molecular weight excluding hydrogens is 394 g/mol. The molecule has 5 rings (SSSR count). The summed E-state index contributed by atoms with van der Waals surface area (Å²) in [5.41, 5.74) is 5.45. The molecule has 0 amide bonds. The molecule has 0 bridgehead atoms. The highest BCUT2D eigenvalue weighted by Crippen LogP contribution is 2.37. The average Bonchev–Trinajstić information content (AvgIpc) is 2.70. The van der Waals surface area contributed by atoms with E-state index >= 15 is 0 Å². The Morgan fingerprint density at radius 3 is 2.33 bits per heavy atom. The second-order valence-electron chi connectivity index (χ2n) is 8.90. The lowest BCUT2D eigenvalue weighted by atomic mass is 9.77. The molecule has 1 aliphatic rings. The van der Waals surface area contributed by atoms with Crippen LogP contribution < -0.4 is 5.56 Å². The lowest BCUT2D eigenvalue weighted by molar-refractivity contribution is 0.345. The van der Waals surface area contributed by atoms with Crippen LogP contribution in [0.4, 0.5) is 0 Å². The first kappa shape index (κ1) is 19.0. The molecule has 0 N–H and O–H groups in total. The number of benzene rings is 2. The van der Waals surface area contributed by atoms with Crippen molar-refractivity contribution in [3.05, 3.63) is 86.9 Å². The third kappa shape index (κ3) is 3.21. The van der Waals surface area contributed by atoms with Crippen LogP contribution in [0.25, 0.3) is 27.7 Å². The van der Waals surface area contributed by atoms with Crippen molar-refractivity contribution < 1.29 is 0 Å². The van der Waals surface area contributed by atoms with Gasteiger partial charge in [0.2, 0.25) is 0 Å². The first-order valence-corrected chi connectivity index (χ1v) is 10.5. The maximum atomic E-state index is 13.5. The number of pyridine rings is 1. The van der Waals surface area contributed by atoms with E-state index in [4.69, 9.17) is 21.7 Å². The Hall–Kier alpha value is -2.98. The fraction of sp³-hybridized carbons (Fsp3) is 0.240. The SMILES string of the molecule is Cc1ccc(-n2nc3c4c(nc(-c5ccc(Cl)cc5)cc4c2=O)CC(C)(C)C3)cc1. The Bertz CT molecular complexity index is 1320. The van der Waals surface area contributed by atoms with Gasteiger partial charge in [-0.3, -0.25) is 9.78 Å². The minimum absolute atomic E-state index is 0.0219. The fourth-order valence-corrected chi connectivity index (χ4v) is 4.40. The van der Waals surface area contributed by atoms with Crippen LogP contribution in [0.5, 0.6) is 0 Å². The van der Waals surface area contributed by atoms with Crippen molar-refractivity contribution in [2.24, 2.45) is 5.41 Å². The van der Waals surface area contributed by atoms with Crippen molar-refractivity contribution in [2.45, 2.75) is 33.6 Å². The van der Waals surface area contributed by atoms with E-state index in [9.17, 15) is 4.79 Å². The van der Waals surface area contributed by atoms with Crippen molar-refractivity contribution in [2.75, 3.05) is 0 Å². The second-order valence-corrected chi connectivity index (χ2v) is 9.34. The second kappa shape index (κ2) is 6.78. The van der Waals surface area contributed by atoms with E-state index in [2.05, 4.69) is 13.8 Å². The van der Waals surface area contributed by atoms with Gasteiger partial charge in [0.05, 0.1) is 28.2 Å². The van der Waals surface area contributed by atoms with Crippen molar-refractivity contribution in [1.82, 2.24) is 14.8 Å². The highest BCUT2D eigenvalue weighted by molar-refractivity contribution is 6.30. The van der Waals surface area contributed by atoms with Crippen LogP contribution in [0.2, 0.25) is 5.02 Å². The summed E-state index contributed by atoms with van der Waals surface area (Å²) in [5.74, 6) is 0. The summed E-state index contributed by atoms with van der Waals surface area (Å²) < 4.78 is 1.54. The van der Waals surface area contributed by atoms with Gasteiger partial charge in [-0.1, -0.05) is 55.3 Å². The molecule has 2 heterocycles. The first-order chi connectivity index (χ1) is 14.3.